The molecule has 1 unspecified atom stereocenters. The van der Waals surface area contributed by atoms with Crippen LogP contribution in [0.4, 0.5) is 0 Å². The van der Waals surface area contributed by atoms with E-state index in [0.717, 1.165) is 27.6 Å². The Morgan fingerprint density at radius 3 is 2.15 bits per heavy atom. The normalized spacial score (nSPS) is 13.2. The number of nitrogens with one attached hydrogen (secondary N) is 1. The van der Waals surface area contributed by atoms with Crippen molar-refractivity contribution in [1.82, 2.24) is 5.32 Å². The van der Waals surface area contributed by atoms with E-state index in [1.54, 1.807) is 19.2 Å². The highest BCUT2D eigenvalue weighted by atomic mass is 35.5. The second-order valence-corrected chi connectivity index (χ2v) is 10.5. The van der Waals surface area contributed by atoms with Crippen LogP contribution in [0.5, 0.6) is 5.75 Å². The molecular weight excluding hydrogens is 466 g/mol. The fourth-order valence-corrected chi connectivity index (χ4v) is 4.81. The zero-order valence-electron chi connectivity index (χ0n) is 19.8. The van der Waals surface area contributed by atoms with Crippen molar-refractivity contribution in [3.8, 4) is 16.9 Å². The molecule has 6 heteroatoms. The molecule has 178 valence electrons. The van der Waals surface area contributed by atoms with Crippen molar-refractivity contribution in [3.05, 3.63) is 96.1 Å². The van der Waals surface area contributed by atoms with E-state index in [2.05, 4.69) is 55.6 Å². The first-order valence-corrected chi connectivity index (χ1v) is 12.9. The van der Waals surface area contributed by atoms with Gasteiger partial charge in [0.2, 0.25) is 0 Å². The first-order valence-electron chi connectivity index (χ1n) is 11.0. The summed E-state index contributed by atoms with van der Waals surface area (Å²) in [7, 11) is -1.55. The van der Waals surface area contributed by atoms with Crippen LogP contribution in [0.2, 0.25) is 0 Å². The first-order chi connectivity index (χ1) is 15.8. The summed E-state index contributed by atoms with van der Waals surface area (Å²) in [5.74, 6) is 0.847. The van der Waals surface area contributed by atoms with E-state index in [1.807, 2.05) is 36.4 Å². The smallest absolute Gasteiger partial charge is 0.175 e. The lowest BCUT2D eigenvalue weighted by Gasteiger charge is -2.22. The number of hydrogen-bond donors (Lipinski definition) is 1. The molecule has 4 aromatic carbocycles. The molecule has 2 atom stereocenters. The molecule has 4 nitrogen and oxygen atoms in total. The second kappa shape index (κ2) is 10.6. The average Bonchev–Trinajstić information content (AvgIpc) is 2.82. The molecule has 34 heavy (non-hydrogen) atoms. The molecule has 0 aliphatic rings. The second-order valence-electron chi connectivity index (χ2n) is 8.47. The summed E-state index contributed by atoms with van der Waals surface area (Å²) in [5, 5.41) is 5.99. The van der Waals surface area contributed by atoms with Crippen LogP contribution in [-0.4, -0.2) is 21.8 Å². The van der Waals surface area contributed by atoms with Crippen molar-refractivity contribution in [2.24, 2.45) is 0 Å². The molecule has 0 fully saturated rings. The first kappa shape index (κ1) is 25.8. The lowest BCUT2D eigenvalue weighted by molar-refractivity contribution is 0.412. The predicted molar refractivity (Wildman–Crippen MR) is 143 cm³/mol. The van der Waals surface area contributed by atoms with Crippen molar-refractivity contribution >= 4 is 33.0 Å². The summed E-state index contributed by atoms with van der Waals surface area (Å²) in [6, 6.07) is 28.2. The van der Waals surface area contributed by atoms with Crippen LogP contribution in [-0.2, 0) is 9.84 Å². The van der Waals surface area contributed by atoms with E-state index in [0.29, 0.717) is 4.90 Å². The molecule has 0 aliphatic carbocycles. The van der Waals surface area contributed by atoms with Crippen molar-refractivity contribution < 1.29 is 13.2 Å². The molecule has 4 aromatic rings. The van der Waals surface area contributed by atoms with Crippen LogP contribution in [0.15, 0.2) is 89.8 Å². The Bertz CT molecular complexity index is 1380. The monoisotopic (exact) mass is 495 g/mol. The third-order valence-corrected chi connectivity index (χ3v) is 7.20. The summed E-state index contributed by atoms with van der Waals surface area (Å²) in [6.45, 7) is 4.31. The number of sulfone groups is 1. The molecule has 1 N–H and O–H groups in total. The summed E-state index contributed by atoms with van der Waals surface area (Å²) < 4.78 is 29.1. The highest BCUT2D eigenvalue weighted by Gasteiger charge is 2.15. The van der Waals surface area contributed by atoms with Gasteiger partial charge in [0.05, 0.1) is 12.0 Å². The van der Waals surface area contributed by atoms with Crippen molar-refractivity contribution in [1.29, 1.82) is 0 Å². The van der Waals surface area contributed by atoms with Crippen LogP contribution < -0.4 is 10.1 Å². The Morgan fingerprint density at radius 2 is 1.47 bits per heavy atom. The van der Waals surface area contributed by atoms with Gasteiger partial charge < -0.3 is 10.1 Å². The van der Waals surface area contributed by atoms with Gasteiger partial charge in [-0.25, -0.2) is 8.42 Å². The lowest BCUT2D eigenvalue weighted by Crippen LogP contribution is -2.22. The molecule has 0 aromatic heterocycles. The van der Waals surface area contributed by atoms with Crippen LogP contribution in [0.3, 0.4) is 0 Å². The summed E-state index contributed by atoms with van der Waals surface area (Å²) in [6.07, 6.45) is 1.23. The van der Waals surface area contributed by atoms with Gasteiger partial charge in [-0.05, 0) is 83.3 Å². The van der Waals surface area contributed by atoms with Crippen LogP contribution in [0, 0.1) is 0 Å². The zero-order chi connectivity index (χ0) is 23.6. The molecule has 0 spiro atoms. The summed E-state index contributed by atoms with van der Waals surface area (Å²) in [5.41, 5.74) is 4.42. The summed E-state index contributed by atoms with van der Waals surface area (Å²) >= 11 is 0. The molecule has 0 radical (unpaired) electrons. The highest BCUT2D eigenvalue weighted by molar-refractivity contribution is 7.90. The van der Waals surface area contributed by atoms with Gasteiger partial charge in [-0.1, -0.05) is 48.5 Å². The number of hydrogen-bond acceptors (Lipinski definition) is 4. The van der Waals surface area contributed by atoms with Gasteiger partial charge in [0.1, 0.15) is 5.75 Å². The largest absolute Gasteiger partial charge is 0.497 e. The van der Waals surface area contributed by atoms with Gasteiger partial charge in [0.15, 0.2) is 9.84 Å². The Morgan fingerprint density at radius 1 is 0.794 bits per heavy atom. The number of halogens is 1. The van der Waals surface area contributed by atoms with Crippen molar-refractivity contribution in [2.45, 2.75) is 30.8 Å². The van der Waals surface area contributed by atoms with E-state index < -0.39 is 9.84 Å². The minimum absolute atomic E-state index is 0. The Balaban J connectivity index is 0.00000324. The third-order valence-electron chi connectivity index (χ3n) is 6.07. The Labute approximate surface area is 208 Å². The molecular formula is C28H30ClNO3S. The topological polar surface area (TPSA) is 55.4 Å². The molecule has 0 amide bonds. The lowest BCUT2D eigenvalue weighted by atomic mass is 9.93. The zero-order valence-corrected chi connectivity index (χ0v) is 21.4. The average molecular weight is 496 g/mol. The van der Waals surface area contributed by atoms with Crippen LogP contribution >= 0.6 is 12.4 Å². The van der Waals surface area contributed by atoms with Crippen LogP contribution in [0.1, 0.15) is 37.1 Å². The molecule has 0 saturated carbocycles. The highest BCUT2D eigenvalue weighted by Crippen LogP contribution is 2.33. The minimum Gasteiger partial charge on any atom is -0.497 e. The molecule has 0 heterocycles. The molecule has 4 rings (SSSR count). The number of fused-ring (bicyclic) bond motifs is 1. The molecule has 0 saturated heterocycles. The number of ether oxygens (including phenoxy) is 1. The van der Waals surface area contributed by atoms with E-state index in [1.165, 1.54) is 17.4 Å². The van der Waals surface area contributed by atoms with Gasteiger partial charge >= 0.3 is 0 Å². The fraction of sp³-hybridized carbons (Fsp3) is 0.214. The Hall–Kier alpha value is -2.86. The predicted octanol–water partition coefficient (Wildman–Crippen LogP) is 6.75. The van der Waals surface area contributed by atoms with E-state index >= 15 is 0 Å². The van der Waals surface area contributed by atoms with E-state index in [-0.39, 0.29) is 24.5 Å². The molecule has 0 aliphatic heterocycles. The van der Waals surface area contributed by atoms with Gasteiger partial charge in [-0.3, -0.25) is 0 Å². The minimum atomic E-state index is -3.23. The number of benzene rings is 4. The number of methoxy groups -OCH3 is 1. The van der Waals surface area contributed by atoms with Gasteiger partial charge in [-0.2, -0.15) is 0 Å². The quantitative estimate of drug-likeness (QED) is 0.308. The maximum Gasteiger partial charge on any atom is 0.175 e. The Kier molecular flexibility index (Phi) is 8.03. The SMILES string of the molecule is COc1cccc([C@@H](C)NC(C)c2cc(-c3ccc(S(C)(=O)=O)cc3)c3ccccc3c2)c1.Cl. The van der Waals surface area contributed by atoms with E-state index in [4.69, 9.17) is 4.74 Å². The fourth-order valence-electron chi connectivity index (χ4n) is 4.18. The van der Waals surface area contributed by atoms with Gasteiger partial charge in [0, 0.05) is 18.3 Å². The molecule has 0 bridgehead atoms. The van der Waals surface area contributed by atoms with Crippen molar-refractivity contribution in [2.75, 3.05) is 13.4 Å². The van der Waals surface area contributed by atoms with Gasteiger partial charge in [0.25, 0.3) is 0 Å². The maximum atomic E-state index is 11.9. The summed E-state index contributed by atoms with van der Waals surface area (Å²) in [4.78, 5) is 0.328. The third kappa shape index (κ3) is 5.61. The standard InChI is InChI=1S/C28H29NO3S.ClH/c1-19(22-9-7-10-25(17-22)32-3)29-20(2)24-16-23-8-5-6-11-27(23)28(18-24)21-12-14-26(15-13-21)33(4,30)31;/h5-20,29H,1-4H3;1H/t19-,20?;/m1./s1. The maximum absolute atomic E-state index is 11.9. The van der Waals surface area contributed by atoms with E-state index in [9.17, 15) is 8.42 Å². The van der Waals surface area contributed by atoms with Crippen molar-refractivity contribution in [3.63, 3.8) is 0 Å². The number of rotatable bonds is 7. The van der Waals surface area contributed by atoms with Crippen LogP contribution in [0.25, 0.3) is 21.9 Å². The van der Waals surface area contributed by atoms with Gasteiger partial charge in [-0.15, -0.1) is 12.4 Å².